The maximum absolute atomic E-state index is 14.0. The van der Waals surface area contributed by atoms with E-state index in [0.717, 1.165) is 54.2 Å². The third kappa shape index (κ3) is 6.96. The summed E-state index contributed by atoms with van der Waals surface area (Å²) in [5, 5.41) is 0. The number of imidazole rings is 1. The van der Waals surface area contributed by atoms with Gasteiger partial charge in [-0.25, -0.2) is 9.37 Å². The van der Waals surface area contributed by atoms with Crippen LogP contribution in [0.2, 0.25) is 0 Å². The Balaban J connectivity index is 1.54. The highest BCUT2D eigenvalue weighted by atomic mass is 19.4. The Kier molecular flexibility index (Phi) is 9.39. The van der Waals surface area contributed by atoms with Crippen molar-refractivity contribution in [2.24, 2.45) is 0 Å². The molecule has 1 amide bonds. The molecular formula is C34H36F4N4O2. The lowest BCUT2D eigenvalue weighted by Crippen LogP contribution is -2.44. The van der Waals surface area contributed by atoms with Crippen LogP contribution in [0.3, 0.4) is 0 Å². The van der Waals surface area contributed by atoms with Crippen molar-refractivity contribution < 1.29 is 27.1 Å². The van der Waals surface area contributed by atoms with Gasteiger partial charge in [0.2, 0.25) is 5.91 Å². The van der Waals surface area contributed by atoms with Crippen molar-refractivity contribution in [1.29, 1.82) is 0 Å². The van der Waals surface area contributed by atoms with Gasteiger partial charge in [0.1, 0.15) is 17.4 Å². The minimum Gasteiger partial charge on any atom is -0.494 e. The van der Waals surface area contributed by atoms with Crippen molar-refractivity contribution >= 4 is 5.91 Å². The van der Waals surface area contributed by atoms with E-state index >= 15 is 0 Å². The fourth-order valence-corrected chi connectivity index (χ4v) is 5.74. The van der Waals surface area contributed by atoms with Crippen molar-refractivity contribution in [2.75, 3.05) is 26.7 Å². The third-order valence-electron chi connectivity index (χ3n) is 8.16. The van der Waals surface area contributed by atoms with Gasteiger partial charge in [0.15, 0.2) is 0 Å². The fraction of sp³-hybridized carbons (Fsp3) is 0.353. The number of ether oxygens (including phenoxy) is 1. The summed E-state index contributed by atoms with van der Waals surface area (Å²) < 4.78 is 61.9. The summed E-state index contributed by atoms with van der Waals surface area (Å²) in [5.74, 6) is -0.387. The number of benzene rings is 3. The van der Waals surface area contributed by atoms with E-state index in [1.54, 1.807) is 4.90 Å². The van der Waals surface area contributed by atoms with Gasteiger partial charge in [-0.2, -0.15) is 13.2 Å². The molecule has 0 N–H and O–H groups in total. The molecule has 44 heavy (non-hydrogen) atoms. The molecular weight excluding hydrogens is 572 g/mol. The van der Waals surface area contributed by atoms with Gasteiger partial charge in [0.05, 0.1) is 30.3 Å². The molecule has 1 aliphatic heterocycles. The zero-order valence-corrected chi connectivity index (χ0v) is 25.0. The van der Waals surface area contributed by atoms with Gasteiger partial charge in [-0.1, -0.05) is 36.4 Å². The van der Waals surface area contributed by atoms with Crippen molar-refractivity contribution in [1.82, 2.24) is 19.4 Å². The number of hydrogen-bond donors (Lipinski definition) is 0. The van der Waals surface area contributed by atoms with Gasteiger partial charge < -0.3 is 19.1 Å². The molecule has 0 radical (unpaired) electrons. The quantitative estimate of drug-likeness (QED) is 0.177. The highest BCUT2D eigenvalue weighted by Gasteiger charge is 2.35. The SMILES string of the molecule is CCOc1ccc(-n2cc(-c3ccccc3)nc2[C@@H](C)N(C[C@@H]2CCCN2C)C(=O)Cc2ccc(F)c(C(F)(F)F)c2)cc1. The van der Waals surface area contributed by atoms with Crippen molar-refractivity contribution in [3.63, 3.8) is 0 Å². The van der Waals surface area contributed by atoms with Crippen LogP contribution in [0.25, 0.3) is 16.9 Å². The molecule has 0 unspecified atom stereocenters. The first-order valence-electron chi connectivity index (χ1n) is 14.8. The summed E-state index contributed by atoms with van der Waals surface area (Å²) >= 11 is 0. The summed E-state index contributed by atoms with van der Waals surface area (Å²) in [6, 6.07) is 19.6. The van der Waals surface area contributed by atoms with Crippen LogP contribution in [-0.4, -0.2) is 58.0 Å². The molecule has 5 rings (SSSR count). The maximum Gasteiger partial charge on any atom is 0.419 e. The zero-order valence-electron chi connectivity index (χ0n) is 25.0. The molecule has 2 atom stereocenters. The number of aromatic nitrogens is 2. The van der Waals surface area contributed by atoms with Crippen molar-refractivity contribution in [3.05, 3.63) is 102 Å². The molecule has 6 nitrogen and oxygen atoms in total. The first-order chi connectivity index (χ1) is 21.0. The predicted octanol–water partition coefficient (Wildman–Crippen LogP) is 7.32. The topological polar surface area (TPSA) is 50.6 Å². The molecule has 2 heterocycles. The molecule has 1 aliphatic rings. The standard InChI is InChI=1S/C34H36F4N4O2/c1-4-44-28-15-13-26(14-16-28)42-22-31(25-9-6-5-7-10-25)39-33(42)23(2)41(21-27-11-8-18-40(27)3)32(43)20-24-12-17-30(35)29(19-24)34(36,37)38/h5-7,9-10,12-17,19,22-23,27H,4,8,11,18,20-21H2,1-3H3/t23-,27+/m1/s1. The van der Waals surface area contributed by atoms with E-state index < -0.39 is 23.6 Å². The summed E-state index contributed by atoms with van der Waals surface area (Å²) in [6.45, 7) is 5.61. The van der Waals surface area contributed by atoms with Crippen LogP contribution in [0.15, 0.2) is 79.0 Å². The van der Waals surface area contributed by atoms with Crippen molar-refractivity contribution in [3.8, 4) is 22.7 Å². The minimum atomic E-state index is -4.86. The van der Waals surface area contributed by atoms with Gasteiger partial charge in [0, 0.05) is 30.0 Å². The number of likely N-dealkylation sites (tertiary alicyclic amines) is 1. The van der Waals surface area contributed by atoms with Gasteiger partial charge in [-0.15, -0.1) is 0 Å². The Morgan fingerprint density at radius 2 is 1.82 bits per heavy atom. The van der Waals surface area contributed by atoms with Crippen LogP contribution in [0.4, 0.5) is 17.6 Å². The van der Waals surface area contributed by atoms with Gasteiger partial charge in [-0.3, -0.25) is 4.79 Å². The lowest BCUT2D eigenvalue weighted by molar-refractivity contribution is -0.140. The van der Waals surface area contributed by atoms with Crippen LogP contribution in [-0.2, 0) is 17.4 Å². The second kappa shape index (κ2) is 13.2. The van der Waals surface area contributed by atoms with Crippen LogP contribution in [0.5, 0.6) is 5.75 Å². The smallest absolute Gasteiger partial charge is 0.419 e. The molecule has 3 aromatic carbocycles. The van der Waals surface area contributed by atoms with E-state index in [-0.39, 0.29) is 23.9 Å². The average molecular weight is 609 g/mol. The third-order valence-corrected chi connectivity index (χ3v) is 8.16. The molecule has 4 aromatic rings. The molecule has 0 spiro atoms. The monoisotopic (exact) mass is 608 g/mol. The van der Waals surface area contributed by atoms with E-state index in [0.29, 0.717) is 19.0 Å². The Labute approximate surface area is 254 Å². The van der Waals surface area contributed by atoms with Gasteiger partial charge in [0.25, 0.3) is 0 Å². The van der Waals surface area contributed by atoms with E-state index in [2.05, 4.69) is 4.90 Å². The number of nitrogens with zero attached hydrogens (tertiary/aromatic N) is 4. The summed E-state index contributed by atoms with van der Waals surface area (Å²) in [4.78, 5) is 22.9. The maximum atomic E-state index is 14.0. The van der Waals surface area contributed by atoms with Crippen LogP contribution < -0.4 is 4.74 Å². The average Bonchev–Trinajstić information content (AvgIpc) is 3.63. The fourth-order valence-electron chi connectivity index (χ4n) is 5.74. The highest BCUT2D eigenvalue weighted by molar-refractivity contribution is 5.79. The number of amides is 1. The highest BCUT2D eigenvalue weighted by Crippen LogP contribution is 2.33. The Morgan fingerprint density at radius 1 is 1.09 bits per heavy atom. The molecule has 0 saturated carbocycles. The van der Waals surface area contributed by atoms with E-state index in [1.165, 1.54) is 6.07 Å². The lowest BCUT2D eigenvalue weighted by Gasteiger charge is -2.34. The van der Waals surface area contributed by atoms with Crippen LogP contribution in [0, 0.1) is 5.82 Å². The molecule has 232 valence electrons. The number of carbonyl (C=O) groups excluding carboxylic acids is 1. The number of alkyl halides is 3. The molecule has 1 saturated heterocycles. The molecule has 0 bridgehead atoms. The Morgan fingerprint density at radius 3 is 2.45 bits per heavy atom. The predicted molar refractivity (Wildman–Crippen MR) is 161 cm³/mol. The zero-order chi connectivity index (χ0) is 31.4. The van der Waals surface area contributed by atoms with E-state index in [1.807, 2.05) is 86.3 Å². The van der Waals surface area contributed by atoms with E-state index in [9.17, 15) is 22.4 Å². The lowest BCUT2D eigenvalue weighted by atomic mass is 10.0. The summed E-state index contributed by atoms with van der Waals surface area (Å²) in [6.07, 6.45) is -1.36. The number of rotatable bonds is 10. The van der Waals surface area contributed by atoms with Crippen molar-refractivity contribution in [2.45, 2.75) is 51.4 Å². The number of halogens is 4. The van der Waals surface area contributed by atoms with Crippen LogP contribution >= 0.6 is 0 Å². The summed E-state index contributed by atoms with van der Waals surface area (Å²) in [7, 11) is 2.01. The molecule has 0 aliphatic carbocycles. The second-order valence-corrected chi connectivity index (χ2v) is 11.1. The minimum absolute atomic E-state index is 0.0860. The second-order valence-electron chi connectivity index (χ2n) is 11.1. The Bertz CT molecular complexity index is 1570. The molecule has 1 fully saturated rings. The number of carbonyl (C=O) groups is 1. The Hall–Kier alpha value is -4.18. The van der Waals surface area contributed by atoms with E-state index in [4.69, 9.17) is 9.72 Å². The molecule has 10 heteroatoms. The number of hydrogen-bond acceptors (Lipinski definition) is 4. The largest absolute Gasteiger partial charge is 0.494 e. The van der Waals surface area contributed by atoms with Gasteiger partial charge >= 0.3 is 6.18 Å². The summed E-state index contributed by atoms with van der Waals surface area (Å²) in [5.41, 5.74) is 1.17. The van der Waals surface area contributed by atoms with Crippen LogP contribution in [0.1, 0.15) is 49.7 Å². The first-order valence-corrected chi connectivity index (χ1v) is 14.8. The number of likely N-dealkylation sites (N-methyl/N-ethyl adjacent to an activating group) is 1. The van der Waals surface area contributed by atoms with Gasteiger partial charge in [-0.05, 0) is 82.2 Å². The molecule has 1 aromatic heterocycles. The normalized spacial score (nSPS) is 16.2. The first kappa shape index (κ1) is 31.3.